The third kappa shape index (κ3) is 10.7. The number of unbranched alkanes of at least 4 members (excludes halogenated alkanes) is 2. The summed E-state index contributed by atoms with van der Waals surface area (Å²) in [5, 5.41) is 21.9. The predicted octanol–water partition coefficient (Wildman–Crippen LogP) is 0.403. The maximum absolute atomic E-state index is 12.0. The molecule has 0 aliphatic carbocycles. The van der Waals surface area contributed by atoms with Gasteiger partial charge in [0.2, 0.25) is 12.2 Å². The van der Waals surface area contributed by atoms with Crippen LogP contribution in [0.15, 0.2) is 30.4 Å². The highest BCUT2D eigenvalue weighted by molar-refractivity contribution is 6.12. The van der Waals surface area contributed by atoms with Crippen LogP contribution in [0.3, 0.4) is 0 Å². The number of amides is 3. The van der Waals surface area contributed by atoms with Gasteiger partial charge in [0.15, 0.2) is 6.10 Å². The van der Waals surface area contributed by atoms with E-state index in [0.717, 1.165) is 6.42 Å². The molecule has 41 heavy (non-hydrogen) atoms. The summed E-state index contributed by atoms with van der Waals surface area (Å²) >= 11 is 0. The molecular formula is C27H37N3O11. The molecule has 1 fully saturated rings. The molecule has 0 radical (unpaired) electrons. The second-order valence-electron chi connectivity index (χ2n) is 9.50. The van der Waals surface area contributed by atoms with Gasteiger partial charge < -0.3 is 34.5 Å². The van der Waals surface area contributed by atoms with Crippen LogP contribution < -0.4 is 20.7 Å². The van der Waals surface area contributed by atoms with E-state index in [1.165, 1.54) is 17.1 Å². The van der Waals surface area contributed by atoms with Gasteiger partial charge in [-0.05, 0) is 25.0 Å². The average molecular weight is 580 g/mol. The zero-order valence-corrected chi connectivity index (χ0v) is 22.7. The van der Waals surface area contributed by atoms with Crippen molar-refractivity contribution in [3.05, 3.63) is 35.9 Å². The first kappa shape index (κ1) is 32.0. The standard InChI is InChI=1S/C27H37N3O11/c28-39-17-18-5-6-20(40-26-15-19(31)14-22(41-26)27(35)36)16-21(18)38-13-12-37-11-9-29-23(32)4-2-1-3-10-30-24(33)7-8-25(30)34/h5-8,16,19,22,26,31H,1-4,9-15,17,28H2,(H,29,32)(H,35,36). The van der Waals surface area contributed by atoms with Crippen LogP contribution in [-0.4, -0.2) is 90.2 Å². The monoisotopic (exact) mass is 579 g/mol. The minimum Gasteiger partial charge on any atom is -0.491 e. The molecule has 0 saturated carbocycles. The highest BCUT2D eigenvalue weighted by Gasteiger charge is 2.34. The first-order valence-electron chi connectivity index (χ1n) is 13.4. The number of nitrogens with two attached hydrogens (primary N) is 1. The normalized spacial score (nSPS) is 20.3. The lowest BCUT2D eigenvalue weighted by Crippen LogP contribution is -2.42. The number of carbonyl (C=O) groups is 4. The number of aliphatic carboxylic acids is 1. The minimum absolute atomic E-state index is 0.00860. The summed E-state index contributed by atoms with van der Waals surface area (Å²) in [6.07, 6.45) is 2.03. The van der Waals surface area contributed by atoms with Crippen LogP contribution in [0.25, 0.3) is 0 Å². The molecule has 1 aromatic rings. The summed E-state index contributed by atoms with van der Waals surface area (Å²) in [5.74, 6) is 4.12. The molecular weight excluding hydrogens is 542 g/mol. The van der Waals surface area contributed by atoms with Gasteiger partial charge in [-0.1, -0.05) is 6.42 Å². The van der Waals surface area contributed by atoms with E-state index in [0.29, 0.717) is 49.4 Å². The fraction of sp³-hybridized carbons (Fsp3) is 0.556. The molecule has 1 aromatic carbocycles. The Kier molecular flexibility index (Phi) is 13.0. The highest BCUT2D eigenvalue weighted by Crippen LogP contribution is 2.29. The van der Waals surface area contributed by atoms with Crippen LogP contribution in [0.1, 0.15) is 44.1 Å². The quantitative estimate of drug-likeness (QED) is 0.106. The van der Waals surface area contributed by atoms with Gasteiger partial charge in [-0.25, -0.2) is 10.7 Å². The van der Waals surface area contributed by atoms with Gasteiger partial charge in [-0.3, -0.25) is 24.1 Å². The number of rotatable bonds is 18. The predicted molar refractivity (Wildman–Crippen MR) is 141 cm³/mol. The van der Waals surface area contributed by atoms with Gasteiger partial charge >= 0.3 is 5.97 Å². The second-order valence-corrected chi connectivity index (χ2v) is 9.50. The largest absolute Gasteiger partial charge is 0.491 e. The number of imide groups is 1. The third-order valence-corrected chi connectivity index (χ3v) is 6.33. The molecule has 0 spiro atoms. The molecule has 14 heteroatoms. The molecule has 1 saturated heterocycles. The molecule has 14 nitrogen and oxygen atoms in total. The Morgan fingerprint density at radius 3 is 2.59 bits per heavy atom. The van der Waals surface area contributed by atoms with Gasteiger partial charge in [0.05, 0.1) is 25.9 Å². The van der Waals surface area contributed by atoms with E-state index in [2.05, 4.69) is 5.32 Å². The Hall–Kier alpha value is -3.56. The van der Waals surface area contributed by atoms with Crippen LogP contribution in [0.2, 0.25) is 0 Å². The van der Waals surface area contributed by atoms with Crippen LogP contribution in [0.5, 0.6) is 11.5 Å². The number of nitrogens with one attached hydrogen (secondary N) is 1. The smallest absolute Gasteiger partial charge is 0.333 e. The summed E-state index contributed by atoms with van der Waals surface area (Å²) in [4.78, 5) is 52.1. The van der Waals surface area contributed by atoms with Gasteiger partial charge in [0.1, 0.15) is 18.1 Å². The average Bonchev–Trinajstić information content (AvgIpc) is 3.25. The summed E-state index contributed by atoms with van der Waals surface area (Å²) in [7, 11) is 0. The zero-order valence-electron chi connectivity index (χ0n) is 22.7. The molecule has 226 valence electrons. The fourth-order valence-electron chi connectivity index (χ4n) is 4.25. The summed E-state index contributed by atoms with van der Waals surface area (Å²) in [5.41, 5.74) is 0.649. The van der Waals surface area contributed by atoms with Crippen molar-refractivity contribution >= 4 is 23.7 Å². The molecule has 3 unspecified atom stereocenters. The van der Waals surface area contributed by atoms with E-state index < -0.39 is 24.5 Å². The molecule has 0 bridgehead atoms. The van der Waals surface area contributed by atoms with E-state index in [1.54, 1.807) is 18.2 Å². The van der Waals surface area contributed by atoms with E-state index >= 15 is 0 Å². The van der Waals surface area contributed by atoms with E-state index in [4.69, 9.17) is 29.7 Å². The van der Waals surface area contributed by atoms with E-state index in [-0.39, 0.29) is 57.0 Å². The second kappa shape index (κ2) is 16.6. The summed E-state index contributed by atoms with van der Waals surface area (Å²) in [6.45, 7) is 1.48. The van der Waals surface area contributed by atoms with Crippen molar-refractivity contribution in [1.82, 2.24) is 10.2 Å². The van der Waals surface area contributed by atoms with Gasteiger partial charge in [-0.15, -0.1) is 0 Å². The Balaban J connectivity index is 1.30. The number of carboxylic acids is 1. The molecule has 5 N–H and O–H groups in total. The lowest BCUT2D eigenvalue weighted by atomic mass is 10.1. The molecule has 2 aliphatic rings. The summed E-state index contributed by atoms with van der Waals surface area (Å²) in [6, 6.07) is 4.91. The van der Waals surface area contributed by atoms with Gasteiger partial charge in [0.25, 0.3) is 11.8 Å². The molecule has 2 aliphatic heterocycles. The van der Waals surface area contributed by atoms with E-state index in [9.17, 15) is 29.4 Å². The van der Waals surface area contributed by atoms with Gasteiger partial charge in [-0.2, -0.15) is 0 Å². The molecule has 0 aromatic heterocycles. The number of hydrogen-bond acceptors (Lipinski definition) is 11. The number of carbonyl (C=O) groups excluding carboxylic acids is 3. The highest BCUT2D eigenvalue weighted by atomic mass is 16.7. The van der Waals surface area contributed by atoms with Crippen LogP contribution in [0, 0.1) is 0 Å². The van der Waals surface area contributed by atoms with Gasteiger partial charge in [0, 0.05) is 56.1 Å². The number of aliphatic hydroxyl groups is 1. The van der Waals surface area contributed by atoms with Crippen molar-refractivity contribution in [2.45, 2.75) is 63.6 Å². The Morgan fingerprint density at radius 1 is 1.07 bits per heavy atom. The molecule has 3 rings (SSSR count). The van der Waals surface area contributed by atoms with Crippen molar-refractivity contribution < 1.29 is 53.2 Å². The molecule has 3 amide bonds. The van der Waals surface area contributed by atoms with Crippen molar-refractivity contribution in [1.29, 1.82) is 0 Å². The maximum atomic E-state index is 12.0. The minimum atomic E-state index is -1.17. The zero-order chi connectivity index (χ0) is 29.6. The lowest BCUT2D eigenvalue weighted by molar-refractivity contribution is -0.195. The fourth-order valence-corrected chi connectivity index (χ4v) is 4.25. The maximum Gasteiger partial charge on any atom is 0.333 e. The number of carboxylic acid groups (broad SMARTS) is 1. The summed E-state index contributed by atoms with van der Waals surface area (Å²) < 4.78 is 22.5. The number of benzene rings is 1. The van der Waals surface area contributed by atoms with Crippen LogP contribution >= 0.6 is 0 Å². The Bertz CT molecular complexity index is 1060. The number of aliphatic hydroxyl groups excluding tert-OH is 1. The Morgan fingerprint density at radius 2 is 1.85 bits per heavy atom. The molecule has 2 heterocycles. The first-order valence-corrected chi connectivity index (χ1v) is 13.4. The van der Waals surface area contributed by atoms with E-state index in [1.807, 2.05) is 0 Å². The lowest BCUT2D eigenvalue weighted by Gasteiger charge is -2.31. The van der Waals surface area contributed by atoms with Crippen LogP contribution in [0.4, 0.5) is 0 Å². The SMILES string of the molecule is NOCc1ccc(OC2CC(O)CC(C(=O)O)O2)cc1OCCOCCNC(=O)CCCCCN1C(=O)C=CC1=O. The van der Waals surface area contributed by atoms with Crippen molar-refractivity contribution in [3.8, 4) is 11.5 Å². The number of hydrogen-bond donors (Lipinski definition) is 4. The molecule has 3 atom stereocenters. The number of ether oxygens (including phenoxy) is 4. The third-order valence-electron chi connectivity index (χ3n) is 6.33. The van der Waals surface area contributed by atoms with Crippen molar-refractivity contribution in [2.75, 3.05) is 32.9 Å². The Labute approximate surface area is 237 Å². The topological polar surface area (TPSA) is 196 Å². The van der Waals surface area contributed by atoms with Crippen LogP contribution in [-0.2, 0) is 40.1 Å². The first-order chi connectivity index (χ1) is 19.8. The number of nitrogens with zero attached hydrogens (tertiary/aromatic N) is 1. The van der Waals surface area contributed by atoms with Crippen molar-refractivity contribution in [2.24, 2.45) is 5.90 Å². The van der Waals surface area contributed by atoms with Crippen molar-refractivity contribution in [3.63, 3.8) is 0 Å².